The topological polar surface area (TPSA) is 86.0 Å². The fourth-order valence-corrected chi connectivity index (χ4v) is 3.56. The van der Waals surface area contributed by atoms with Gasteiger partial charge in [0.05, 0.1) is 17.3 Å². The molecule has 2 atom stereocenters. The van der Waals surface area contributed by atoms with E-state index in [9.17, 15) is 14.4 Å². The number of halogens is 1. The third-order valence-electron chi connectivity index (χ3n) is 4.96. The zero-order chi connectivity index (χ0) is 19.3. The minimum absolute atomic E-state index is 0.122. The maximum Gasteiger partial charge on any atom is 0.332 e. The van der Waals surface area contributed by atoms with Crippen LogP contribution in [0.4, 0.5) is 5.69 Å². The first kappa shape index (κ1) is 17.5. The van der Waals surface area contributed by atoms with E-state index >= 15 is 0 Å². The zero-order valence-electron chi connectivity index (χ0n) is 14.8. The van der Waals surface area contributed by atoms with E-state index in [0.717, 1.165) is 16.6 Å². The standard InChI is InChI=1S/C19H17ClN4O3/c1-23-16-15(18(26)24(2)19(23)27)7-12(9-21-16)22-17(25)14-8-13(14)10-4-3-5-11(20)6-10/h3-7,9,13-14H,8H2,1-2H3,(H,22,25)/t13-,14+/m0/s1. The van der Waals surface area contributed by atoms with Crippen LogP contribution < -0.4 is 16.6 Å². The summed E-state index contributed by atoms with van der Waals surface area (Å²) in [5.41, 5.74) is 0.867. The number of amides is 1. The first-order valence-electron chi connectivity index (χ1n) is 8.49. The van der Waals surface area contributed by atoms with Crippen molar-refractivity contribution in [1.82, 2.24) is 14.1 Å². The molecule has 1 aliphatic carbocycles. The lowest BCUT2D eigenvalue weighted by Crippen LogP contribution is -2.37. The molecule has 8 heteroatoms. The summed E-state index contributed by atoms with van der Waals surface area (Å²) in [5.74, 6) is -0.115. The average Bonchev–Trinajstić information content (AvgIpc) is 3.45. The van der Waals surface area contributed by atoms with Gasteiger partial charge < -0.3 is 5.32 Å². The van der Waals surface area contributed by atoms with Crippen molar-refractivity contribution in [1.29, 1.82) is 0 Å². The van der Waals surface area contributed by atoms with Crippen LogP contribution in [0.25, 0.3) is 11.0 Å². The molecule has 0 unspecified atom stereocenters. The molecule has 0 radical (unpaired) electrons. The van der Waals surface area contributed by atoms with Crippen LogP contribution >= 0.6 is 11.6 Å². The number of hydrogen-bond donors (Lipinski definition) is 1. The van der Waals surface area contributed by atoms with Crippen LogP contribution in [0.3, 0.4) is 0 Å². The van der Waals surface area contributed by atoms with Gasteiger partial charge in [-0.2, -0.15) is 0 Å². The number of benzene rings is 1. The number of rotatable bonds is 3. The molecular formula is C19H17ClN4O3. The minimum atomic E-state index is -0.445. The van der Waals surface area contributed by atoms with Gasteiger partial charge >= 0.3 is 5.69 Å². The van der Waals surface area contributed by atoms with E-state index in [0.29, 0.717) is 10.7 Å². The number of carbonyl (C=O) groups excluding carboxylic acids is 1. The quantitative estimate of drug-likeness (QED) is 0.748. The van der Waals surface area contributed by atoms with Crippen molar-refractivity contribution in [3.05, 3.63) is 68.0 Å². The average molecular weight is 385 g/mol. The molecule has 1 N–H and O–H groups in total. The molecule has 0 spiro atoms. The summed E-state index contributed by atoms with van der Waals surface area (Å²) < 4.78 is 2.32. The van der Waals surface area contributed by atoms with E-state index in [1.165, 1.54) is 17.8 Å². The lowest BCUT2D eigenvalue weighted by Gasteiger charge is -2.09. The molecule has 1 aliphatic rings. The van der Waals surface area contributed by atoms with Crippen LogP contribution in [0.2, 0.25) is 5.02 Å². The van der Waals surface area contributed by atoms with Crippen molar-refractivity contribution in [2.75, 3.05) is 5.32 Å². The second-order valence-electron chi connectivity index (χ2n) is 6.79. The Kier molecular flexibility index (Phi) is 4.11. The highest BCUT2D eigenvalue weighted by Gasteiger charge is 2.44. The van der Waals surface area contributed by atoms with Crippen molar-refractivity contribution in [2.45, 2.75) is 12.3 Å². The van der Waals surface area contributed by atoms with Gasteiger partial charge in [0.2, 0.25) is 5.91 Å². The molecule has 138 valence electrons. The highest BCUT2D eigenvalue weighted by Crippen LogP contribution is 2.48. The molecule has 27 heavy (non-hydrogen) atoms. The largest absolute Gasteiger partial charge is 0.332 e. The number of nitrogens with one attached hydrogen (secondary N) is 1. The molecule has 1 saturated carbocycles. The summed E-state index contributed by atoms with van der Waals surface area (Å²) in [6.45, 7) is 0. The second-order valence-corrected chi connectivity index (χ2v) is 7.23. The van der Waals surface area contributed by atoms with Gasteiger partial charge in [-0.15, -0.1) is 0 Å². The molecule has 1 fully saturated rings. The molecule has 2 heterocycles. The van der Waals surface area contributed by atoms with Crippen LogP contribution in [0.5, 0.6) is 0 Å². The lowest BCUT2D eigenvalue weighted by atomic mass is 10.1. The van der Waals surface area contributed by atoms with E-state index in [1.807, 2.05) is 18.2 Å². The molecule has 3 aromatic rings. The number of hydrogen-bond acceptors (Lipinski definition) is 4. The summed E-state index contributed by atoms with van der Waals surface area (Å²) in [5, 5.41) is 3.75. The van der Waals surface area contributed by atoms with Crippen molar-refractivity contribution < 1.29 is 4.79 Å². The third-order valence-corrected chi connectivity index (χ3v) is 5.20. The Morgan fingerprint density at radius 2 is 2.00 bits per heavy atom. The second kappa shape index (κ2) is 6.35. The predicted octanol–water partition coefficient (Wildman–Crippen LogP) is 2.03. The fraction of sp³-hybridized carbons (Fsp3) is 0.263. The normalized spacial score (nSPS) is 18.5. The van der Waals surface area contributed by atoms with Gasteiger partial charge in [0.15, 0.2) is 0 Å². The van der Waals surface area contributed by atoms with Crippen LogP contribution in [-0.4, -0.2) is 20.0 Å². The first-order chi connectivity index (χ1) is 12.9. The molecule has 1 amide bonds. The molecule has 2 aromatic heterocycles. The summed E-state index contributed by atoms with van der Waals surface area (Å²) in [7, 11) is 2.96. The molecule has 0 aliphatic heterocycles. The minimum Gasteiger partial charge on any atom is -0.324 e. The smallest absolute Gasteiger partial charge is 0.324 e. The fourth-order valence-electron chi connectivity index (χ4n) is 3.36. The van der Waals surface area contributed by atoms with E-state index in [2.05, 4.69) is 10.3 Å². The Labute approximate surface area is 159 Å². The number of anilines is 1. The SMILES string of the molecule is Cn1c(=O)c2cc(NC(=O)[C@@H]3C[C@H]3c3cccc(Cl)c3)cnc2n(C)c1=O. The van der Waals surface area contributed by atoms with Crippen molar-refractivity contribution in [2.24, 2.45) is 20.0 Å². The lowest BCUT2D eigenvalue weighted by molar-refractivity contribution is -0.117. The highest BCUT2D eigenvalue weighted by atomic mass is 35.5. The third kappa shape index (κ3) is 3.04. The Morgan fingerprint density at radius 3 is 2.74 bits per heavy atom. The van der Waals surface area contributed by atoms with Gasteiger partial charge in [-0.25, -0.2) is 9.78 Å². The molecule has 1 aromatic carbocycles. The number of nitrogens with zero attached hydrogens (tertiary/aromatic N) is 3. The number of pyridine rings is 1. The predicted molar refractivity (Wildman–Crippen MR) is 103 cm³/mol. The summed E-state index contributed by atoms with van der Waals surface area (Å²) in [4.78, 5) is 41.0. The van der Waals surface area contributed by atoms with Crippen molar-refractivity contribution >= 4 is 34.2 Å². The number of carbonyl (C=O) groups is 1. The Bertz CT molecular complexity index is 1200. The summed E-state index contributed by atoms with van der Waals surface area (Å²) >= 11 is 6.02. The van der Waals surface area contributed by atoms with E-state index in [1.54, 1.807) is 19.2 Å². The summed E-state index contributed by atoms with van der Waals surface area (Å²) in [6.07, 6.45) is 2.21. The van der Waals surface area contributed by atoms with Crippen LogP contribution in [0.15, 0.2) is 46.1 Å². The van der Waals surface area contributed by atoms with Crippen molar-refractivity contribution in [3.8, 4) is 0 Å². The van der Waals surface area contributed by atoms with Gasteiger partial charge in [0.1, 0.15) is 5.65 Å². The highest BCUT2D eigenvalue weighted by molar-refractivity contribution is 6.30. The Hall–Kier alpha value is -2.93. The maximum atomic E-state index is 12.5. The molecule has 0 saturated heterocycles. The van der Waals surface area contributed by atoms with Gasteiger partial charge in [0.25, 0.3) is 5.56 Å². The molecular weight excluding hydrogens is 368 g/mol. The van der Waals surface area contributed by atoms with Gasteiger partial charge in [-0.05, 0) is 36.1 Å². The zero-order valence-corrected chi connectivity index (χ0v) is 15.5. The summed E-state index contributed by atoms with van der Waals surface area (Å²) in [6, 6.07) is 9.07. The van der Waals surface area contributed by atoms with Gasteiger partial charge in [0, 0.05) is 25.0 Å². The first-order valence-corrected chi connectivity index (χ1v) is 8.86. The molecule has 4 rings (SSSR count). The Balaban J connectivity index is 1.58. The van der Waals surface area contributed by atoms with Crippen LogP contribution in [-0.2, 0) is 18.9 Å². The maximum absolute atomic E-state index is 12.5. The number of aryl methyl sites for hydroxylation is 1. The molecule has 7 nitrogen and oxygen atoms in total. The van der Waals surface area contributed by atoms with E-state index in [4.69, 9.17) is 11.6 Å². The van der Waals surface area contributed by atoms with Crippen LogP contribution in [0.1, 0.15) is 17.9 Å². The van der Waals surface area contributed by atoms with E-state index < -0.39 is 11.2 Å². The number of aromatic nitrogens is 3. The van der Waals surface area contributed by atoms with Crippen molar-refractivity contribution in [3.63, 3.8) is 0 Å². The number of fused-ring (bicyclic) bond motifs is 1. The monoisotopic (exact) mass is 384 g/mol. The van der Waals surface area contributed by atoms with E-state index in [-0.39, 0.29) is 28.8 Å². The van der Waals surface area contributed by atoms with Gasteiger partial charge in [-0.3, -0.25) is 18.7 Å². The Morgan fingerprint density at radius 1 is 1.22 bits per heavy atom. The van der Waals surface area contributed by atoms with Crippen LogP contribution in [0, 0.1) is 5.92 Å². The van der Waals surface area contributed by atoms with Gasteiger partial charge in [-0.1, -0.05) is 23.7 Å². The molecule has 0 bridgehead atoms.